The Morgan fingerprint density at radius 2 is 1.28 bits per heavy atom. The van der Waals surface area contributed by atoms with Crippen LogP contribution < -0.4 is 9.80 Å². The Kier molecular flexibility index (Phi) is 9.94. The minimum atomic E-state index is -6.29. The third-order valence-electron chi connectivity index (χ3n) is 6.70. The van der Waals surface area contributed by atoms with Crippen LogP contribution in [0.1, 0.15) is 43.8 Å². The van der Waals surface area contributed by atoms with Crippen LogP contribution in [0.25, 0.3) is 0 Å². The summed E-state index contributed by atoms with van der Waals surface area (Å²) in [4.78, 5) is 29.1. The normalized spacial score (nSPS) is 12.3. The van der Waals surface area contributed by atoms with E-state index in [1.54, 1.807) is 30.3 Å². The molecule has 43 heavy (non-hydrogen) atoms. The highest BCUT2D eigenvalue weighted by molar-refractivity contribution is 7.72. The number of nitrogens with zero attached hydrogens (tertiary/aromatic N) is 2. The Morgan fingerprint density at radius 1 is 0.744 bits per heavy atom. The minimum absolute atomic E-state index is 0.00636. The Bertz CT molecular complexity index is 1530. The van der Waals surface area contributed by atoms with Gasteiger partial charge in [-0.3, -0.25) is 9.59 Å². The first-order valence-corrected chi connectivity index (χ1v) is 14.1. The standard InChI is InChI=1S/C29H27F7N2O4S/c1-18-15-22(27(30,28(31,32)33)29(34,35)36)16-19(2)24(18)37(3)25(39)21-11-7-12-23(17-21)38(13-8-14-43(41)42)26(40)20-9-5-4-6-10-20/h4-7,9-12,15-17,43H,8,13-14H2,1-3H3. The smallest absolute Gasteiger partial charge is 0.311 e. The zero-order valence-electron chi connectivity index (χ0n) is 23.1. The van der Waals surface area contributed by atoms with Crippen LogP contribution >= 0.6 is 0 Å². The number of alkyl halides is 7. The van der Waals surface area contributed by atoms with Gasteiger partial charge in [-0.25, -0.2) is 12.8 Å². The van der Waals surface area contributed by atoms with Gasteiger partial charge in [0.05, 0.1) is 0 Å². The lowest BCUT2D eigenvalue weighted by Crippen LogP contribution is -2.50. The molecule has 0 saturated carbocycles. The van der Waals surface area contributed by atoms with Crippen molar-refractivity contribution in [1.82, 2.24) is 0 Å². The number of halogens is 7. The molecule has 0 radical (unpaired) electrons. The van der Waals surface area contributed by atoms with Crippen molar-refractivity contribution in [2.24, 2.45) is 0 Å². The molecule has 2 amide bonds. The monoisotopic (exact) mass is 632 g/mol. The number of carbonyl (C=O) groups is 2. The summed E-state index contributed by atoms with van der Waals surface area (Å²) in [5.41, 5.74) is -7.21. The van der Waals surface area contributed by atoms with Crippen LogP contribution in [0.3, 0.4) is 0 Å². The van der Waals surface area contributed by atoms with Gasteiger partial charge in [0.2, 0.25) is 0 Å². The molecule has 0 aromatic heterocycles. The summed E-state index contributed by atoms with van der Waals surface area (Å²) in [5, 5.41) is 0. The second kappa shape index (κ2) is 12.7. The molecule has 0 bridgehead atoms. The molecule has 0 spiro atoms. The predicted molar refractivity (Wildman–Crippen MR) is 148 cm³/mol. The number of carbonyl (C=O) groups excluding carboxylic acids is 2. The predicted octanol–water partition coefficient (Wildman–Crippen LogP) is 6.52. The maximum Gasteiger partial charge on any atom is 0.435 e. The highest BCUT2D eigenvalue weighted by Crippen LogP contribution is 2.54. The van der Waals surface area contributed by atoms with Gasteiger partial charge >= 0.3 is 18.0 Å². The Balaban J connectivity index is 2.01. The zero-order chi connectivity index (χ0) is 32.3. The molecule has 3 aromatic carbocycles. The van der Waals surface area contributed by atoms with E-state index in [4.69, 9.17) is 0 Å². The molecule has 6 nitrogen and oxygen atoms in total. The van der Waals surface area contributed by atoms with Gasteiger partial charge in [-0.2, -0.15) is 26.3 Å². The van der Waals surface area contributed by atoms with Gasteiger partial charge in [-0.1, -0.05) is 36.4 Å². The van der Waals surface area contributed by atoms with Crippen molar-refractivity contribution in [3.8, 4) is 0 Å². The van der Waals surface area contributed by atoms with Crippen molar-refractivity contribution in [3.05, 3.63) is 94.5 Å². The van der Waals surface area contributed by atoms with Crippen LogP contribution in [0.4, 0.5) is 42.1 Å². The van der Waals surface area contributed by atoms with Crippen LogP contribution in [-0.4, -0.2) is 51.9 Å². The molecule has 0 heterocycles. The topological polar surface area (TPSA) is 74.8 Å². The number of hydrogen-bond donors (Lipinski definition) is 1. The van der Waals surface area contributed by atoms with Gasteiger partial charge in [0.25, 0.3) is 11.8 Å². The Labute approximate surface area is 244 Å². The van der Waals surface area contributed by atoms with Crippen LogP contribution in [0.5, 0.6) is 0 Å². The second-order valence-corrected chi connectivity index (χ2v) is 10.9. The number of rotatable bonds is 9. The Morgan fingerprint density at radius 3 is 1.79 bits per heavy atom. The average molecular weight is 633 g/mol. The largest absolute Gasteiger partial charge is 0.435 e. The van der Waals surface area contributed by atoms with Crippen molar-refractivity contribution in [2.45, 2.75) is 38.3 Å². The van der Waals surface area contributed by atoms with E-state index in [0.717, 1.165) is 18.7 Å². The summed E-state index contributed by atoms with van der Waals surface area (Å²) in [6, 6.07) is 14.6. The molecule has 14 heteroatoms. The van der Waals surface area contributed by atoms with Crippen LogP contribution in [0.15, 0.2) is 66.7 Å². The molecule has 3 rings (SSSR count). The van der Waals surface area contributed by atoms with Crippen molar-refractivity contribution in [1.29, 1.82) is 0 Å². The van der Waals surface area contributed by atoms with E-state index in [2.05, 4.69) is 0 Å². The summed E-state index contributed by atoms with van der Waals surface area (Å²) in [5.74, 6) is -1.38. The lowest BCUT2D eigenvalue weighted by Gasteiger charge is -2.32. The molecule has 0 aliphatic heterocycles. The third kappa shape index (κ3) is 7.00. The zero-order valence-corrected chi connectivity index (χ0v) is 24.0. The molecule has 0 unspecified atom stereocenters. The number of thiol groups is 1. The lowest BCUT2D eigenvalue weighted by atomic mass is 9.90. The number of anilines is 2. The fourth-order valence-corrected chi connectivity index (χ4v) is 5.12. The average Bonchev–Trinajstić information content (AvgIpc) is 2.92. The van der Waals surface area contributed by atoms with E-state index in [1.165, 1.54) is 36.2 Å². The van der Waals surface area contributed by atoms with Gasteiger partial charge in [-0.05, 0) is 61.7 Å². The first kappa shape index (κ1) is 33.6. The van der Waals surface area contributed by atoms with Crippen molar-refractivity contribution >= 4 is 33.9 Å². The lowest BCUT2D eigenvalue weighted by molar-refractivity contribution is -0.348. The van der Waals surface area contributed by atoms with Crippen molar-refractivity contribution in [3.63, 3.8) is 0 Å². The van der Waals surface area contributed by atoms with Gasteiger partial charge in [-0.15, -0.1) is 0 Å². The van der Waals surface area contributed by atoms with Crippen molar-refractivity contribution < 1.29 is 48.7 Å². The van der Waals surface area contributed by atoms with Crippen LogP contribution in [-0.2, 0) is 16.4 Å². The van der Waals surface area contributed by atoms with Gasteiger partial charge in [0.1, 0.15) is 10.7 Å². The second-order valence-electron chi connectivity index (χ2n) is 9.76. The van der Waals surface area contributed by atoms with E-state index in [0.29, 0.717) is 17.7 Å². The highest BCUT2D eigenvalue weighted by Gasteiger charge is 2.73. The van der Waals surface area contributed by atoms with E-state index < -0.39 is 46.1 Å². The third-order valence-corrected chi connectivity index (χ3v) is 7.38. The van der Waals surface area contributed by atoms with Gasteiger partial charge in [0, 0.05) is 47.4 Å². The van der Waals surface area contributed by atoms with Crippen molar-refractivity contribution in [2.75, 3.05) is 29.1 Å². The van der Waals surface area contributed by atoms with E-state index in [9.17, 15) is 48.7 Å². The fourth-order valence-electron chi connectivity index (χ4n) is 4.72. The molecule has 3 aromatic rings. The molecule has 0 N–H and O–H groups in total. The van der Waals surface area contributed by atoms with E-state index in [1.807, 2.05) is 0 Å². The molecule has 0 saturated heterocycles. The molecule has 0 atom stereocenters. The van der Waals surface area contributed by atoms with Gasteiger partial charge < -0.3 is 9.80 Å². The number of aryl methyl sites for hydroxylation is 2. The molecule has 0 fully saturated rings. The van der Waals surface area contributed by atoms with Crippen LogP contribution in [0, 0.1) is 13.8 Å². The SMILES string of the molecule is Cc1cc(C(F)(C(F)(F)F)C(F)(F)F)cc(C)c1N(C)C(=O)c1cccc(N(CCC[SH](=O)=O)C(=O)c2ccccc2)c1. The molecular weight excluding hydrogens is 605 g/mol. The maximum absolute atomic E-state index is 14.7. The summed E-state index contributed by atoms with van der Waals surface area (Å²) < 4.78 is 117. The number of amides is 2. The summed E-state index contributed by atoms with van der Waals surface area (Å²) in [6.45, 7) is 2.30. The van der Waals surface area contributed by atoms with Gasteiger partial charge in [0.15, 0.2) is 0 Å². The quantitative estimate of drug-likeness (QED) is 0.216. The molecular formula is C29H27F7N2O4S. The maximum atomic E-state index is 14.7. The number of benzene rings is 3. The summed E-state index contributed by atoms with van der Waals surface area (Å²) in [7, 11) is -1.45. The first-order valence-electron chi connectivity index (χ1n) is 12.7. The molecule has 0 aliphatic carbocycles. The molecule has 232 valence electrons. The van der Waals surface area contributed by atoms with E-state index >= 15 is 0 Å². The number of hydrogen-bond acceptors (Lipinski definition) is 4. The Hall–Kier alpha value is -3.94. The molecule has 0 aliphatic rings. The summed E-state index contributed by atoms with van der Waals surface area (Å²) >= 11 is 0. The highest BCUT2D eigenvalue weighted by atomic mass is 32.2. The van der Waals surface area contributed by atoms with Crippen LogP contribution in [0.2, 0.25) is 0 Å². The first-order chi connectivity index (χ1) is 19.9. The van der Waals surface area contributed by atoms with E-state index in [-0.39, 0.29) is 46.8 Å². The minimum Gasteiger partial charge on any atom is -0.311 e. The fraction of sp³-hybridized carbons (Fsp3) is 0.310. The summed E-state index contributed by atoms with van der Waals surface area (Å²) in [6.07, 6.45) is -12.5.